The predicted molar refractivity (Wildman–Crippen MR) is 84.4 cm³/mol. The maximum atomic E-state index is 9.17. The van der Waals surface area contributed by atoms with Crippen LogP contribution in [0.2, 0.25) is 0 Å². The van der Waals surface area contributed by atoms with Gasteiger partial charge in [-0.3, -0.25) is 9.80 Å². The molecule has 1 saturated heterocycles. The maximum Gasteiger partial charge on any atom is 0.488 e. The second kappa shape index (κ2) is 6.90. The van der Waals surface area contributed by atoms with Gasteiger partial charge < -0.3 is 15.2 Å². The zero-order valence-electron chi connectivity index (χ0n) is 12.9. The Hall–Kier alpha value is -0.915. The monoisotopic (exact) mass is 292 g/mol. The fraction of sp³-hybridized carbons (Fsp3) is 0.600. The molecular formula is C15H25BN2O3. The van der Waals surface area contributed by atoms with Crippen LogP contribution in [0.1, 0.15) is 19.4 Å². The maximum absolute atomic E-state index is 9.17. The van der Waals surface area contributed by atoms with Gasteiger partial charge in [-0.05, 0) is 24.9 Å². The summed E-state index contributed by atoms with van der Waals surface area (Å²) < 4.78 is 0. The summed E-state index contributed by atoms with van der Waals surface area (Å²) in [6.45, 7) is 9.23. The van der Waals surface area contributed by atoms with Crippen LogP contribution >= 0.6 is 0 Å². The first-order valence-corrected chi connectivity index (χ1v) is 7.50. The molecule has 0 unspecified atom stereocenters. The lowest BCUT2D eigenvalue weighted by Gasteiger charge is -2.44. The third-order valence-corrected chi connectivity index (χ3v) is 4.49. The van der Waals surface area contributed by atoms with Crippen LogP contribution in [-0.4, -0.2) is 71.4 Å². The molecule has 116 valence electrons. The molecular weight excluding hydrogens is 267 g/mol. The number of benzene rings is 1. The van der Waals surface area contributed by atoms with E-state index in [-0.39, 0.29) is 12.1 Å². The highest BCUT2D eigenvalue weighted by Gasteiger charge is 2.31. The summed E-state index contributed by atoms with van der Waals surface area (Å²) in [4.78, 5) is 4.71. The Morgan fingerprint density at radius 3 is 2.10 bits per heavy atom. The lowest BCUT2D eigenvalue weighted by molar-refractivity contribution is 0.0440. The molecule has 21 heavy (non-hydrogen) atoms. The smallest absolute Gasteiger partial charge is 0.423 e. The lowest BCUT2D eigenvalue weighted by Crippen LogP contribution is -2.53. The summed E-state index contributed by atoms with van der Waals surface area (Å²) in [5.41, 5.74) is 1.59. The van der Waals surface area contributed by atoms with Crippen LogP contribution in [0.15, 0.2) is 24.3 Å². The Morgan fingerprint density at radius 1 is 1.05 bits per heavy atom. The molecule has 3 N–H and O–H groups in total. The molecule has 0 aromatic heterocycles. The van der Waals surface area contributed by atoms with Crippen molar-refractivity contribution < 1.29 is 15.2 Å². The van der Waals surface area contributed by atoms with Gasteiger partial charge >= 0.3 is 7.12 Å². The van der Waals surface area contributed by atoms with Crippen molar-refractivity contribution in [1.29, 1.82) is 0 Å². The summed E-state index contributed by atoms with van der Waals surface area (Å²) in [5, 5.41) is 27.3. The van der Waals surface area contributed by atoms with Gasteiger partial charge in [0, 0.05) is 38.3 Å². The molecule has 2 rings (SSSR count). The molecule has 0 amide bonds. The second-order valence-corrected chi connectivity index (χ2v) is 6.11. The second-order valence-electron chi connectivity index (χ2n) is 6.11. The van der Waals surface area contributed by atoms with Crippen molar-refractivity contribution in [3.8, 4) is 0 Å². The van der Waals surface area contributed by atoms with E-state index in [0.717, 1.165) is 32.7 Å². The zero-order valence-corrected chi connectivity index (χ0v) is 12.9. The quantitative estimate of drug-likeness (QED) is 0.621. The topological polar surface area (TPSA) is 67.2 Å². The van der Waals surface area contributed by atoms with Gasteiger partial charge in [0.25, 0.3) is 0 Å². The minimum Gasteiger partial charge on any atom is -0.423 e. The first-order valence-electron chi connectivity index (χ1n) is 7.50. The normalized spacial score (nSPS) is 18.0. The number of hydrogen-bond acceptors (Lipinski definition) is 5. The fourth-order valence-electron chi connectivity index (χ4n) is 2.92. The van der Waals surface area contributed by atoms with Gasteiger partial charge in [0.15, 0.2) is 0 Å². The Bertz CT molecular complexity index is 443. The van der Waals surface area contributed by atoms with E-state index in [2.05, 4.69) is 23.6 Å². The van der Waals surface area contributed by atoms with Crippen molar-refractivity contribution in [2.75, 3.05) is 39.3 Å². The minimum absolute atomic E-state index is 0.0930. The summed E-state index contributed by atoms with van der Waals surface area (Å²) in [6, 6.07) is 7.47. The van der Waals surface area contributed by atoms with Crippen LogP contribution in [0, 0.1) is 0 Å². The van der Waals surface area contributed by atoms with Crippen LogP contribution in [0.3, 0.4) is 0 Å². The molecule has 5 nitrogen and oxygen atoms in total. The van der Waals surface area contributed by atoms with Crippen LogP contribution < -0.4 is 5.46 Å². The molecule has 0 bridgehead atoms. The number of β-amino-alcohol motifs (C(OH)–C–C–N with tert-alkyl or cyclic N) is 1. The van der Waals surface area contributed by atoms with E-state index in [4.69, 9.17) is 15.2 Å². The molecule has 1 aromatic rings. The predicted octanol–water partition coefficient (Wildman–Crippen LogP) is -0.789. The fourth-order valence-corrected chi connectivity index (χ4v) is 2.92. The van der Waals surface area contributed by atoms with Crippen LogP contribution in [-0.2, 0) is 5.54 Å². The van der Waals surface area contributed by atoms with Gasteiger partial charge in [-0.1, -0.05) is 24.3 Å². The molecule has 0 spiro atoms. The summed E-state index contributed by atoms with van der Waals surface area (Å²) in [5.74, 6) is 0. The largest absolute Gasteiger partial charge is 0.488 e. The number of hydrogen-bond donors (Lipinski definition) is 3. The van der Waals surface area contributed by atoms with Gasteiger partial charge in [-0.25, -0.2) is 0 Å². The van der Waals surface area contributed by atoms with Crippen molar-refractivity contribution in [1.82, 2.24) is 9.80 Å². The molecule has 6 heteroatoms. The highest BCUT2D eigenvalue weighted by Crippen LogP contribution is 2.28. The third-order valence-electron chi connectivity index (χ3n) is 4.49. The van der Waals surface area contributed by atoms with Crippen molar-refractivity contribution in [2.45, 2.75) is 19.4 Å². The van der Waals surface area contributed by atoms with Gasteiger partial charge in [0.05, 0.1) is 6.61 Å². The minimum atomic E-state index is -1.41. The molecule has 0 saturated carbocycles. The summed E-state index contributed by atoms with van der Waals surface area (Å²) >= 11 is 0. The van der Waals surface area contributed by atoms with Crippen molar-refractivity contribution in [3.05, 3.63) is 29.8 Å². The first kappa shape index (κ1) is 16.5. The van der Waals surface area contributed by atoms with Gasteiger partial charge in [0.1, 0.15) is 0 Å². The van der Waals surface area contributed by atoms with Crippen molar-refractivity contribution in [3.63, 3.8) is 0 Å². The molecule has 1 aliphatic rings. The van der Waals surface area contributed by atoms with Gasteiger partial charge in [-0.15, -0.1) is 0 Å². The van der Waals surface area contributed by atoms with E-state index in [1.165, 1.54) is 5.56 Å². The first-order chi connectivity index (χ1) is 9.95. The van der Waals surface area contributed by atoms with E-state index < -0.39 is 7.12 Å². The van der Waals surface area contributed by atoms with Crippen molar-refractivity contribution in [2.24, 2.45) is 0 Å². The van der Waals surface area contributed by atoms with Crippen LogP contribution in [0.4, 0.5) is 0 Å². The Labute approximate surface area is 127 Å². The van der Waals surface area contributed by atoms with E-state index >= 15 is 0 Å². The molecule has 1 fully saturated rings. The third kappa shape index (κ3) is 3.84. The highest BCUT2D eigenvalue weighted by atomic mass is 16.4. The Morgan fingerprint density at radius 2 is 1.62 bits per heavy atom. The number of aliphatic hydroxyl groups is 1. The number of nitrogens with zero attached hydrogens (tertiary/aromatic N) is 2. The average molecular weight is 292 g/mol. The molecule has 1 aromatic carbocycles. The van der Waals surface area contributed by atoms with Crippen LogP contribution in [0.5, 0.6) is 0 Å². The van der Waals surface area contributed by atoms with Crippen molar-refractivity contribution >= 4 is 12.6 Å². The van der Waals surface area contributed by atoms with Gasteiger partial charge in [-0.2, -0.15) is 0 Å². The molecule has 1 heterocycles. The Kier molecular flexibility index (Phi) is 5.40. The Balaban J connectivity index is 2.04. The average Bonchev–Trinajstić information content (AvgIpc) is 2.48. The van der Waals surface area contributed by atoms with E-state index in [9.17, 15) is 0 Å². The number of aliphatic hydroxyl groups excluding tert-OH is 1. The summed E-state index contributed by atoms with van der Waals surface area (Å²) in [7, 11) is -1.41. The zero-order chi connectivity index (χ0) is 15.5. The number of rotatable bonds is 5. The summed E-state index contributed by atoms with van der Waals surface area (Å²) in [6.07, 6.45) is 0. The van der Waals surface area contributed by atoms with E-state index in [1.807, 2.05) is 12.1 Å². The molecule has 0 radical (unpaired) electrons. The molecule has 1 aliphatic heterocycles. The molecule has 0 aliphatic carbocycles. The van der Waals surface area contributed by atoms with Gasteiger partial charge in [0.2, 0.25) is 0 Å². The SMILES string of the molecule is CC(C)(c1ccc(B(O)O)cc1)N1CCN(CCO)CC1. The highest BCUT2D eigenvalue weighted by molar-refractivity contribution is 6.58. The molecule has 0 atom stereocenters. The number of piperazine rings is 1. The lowest BCUT2D eigenvalue weighted by atomic mass is 9.78. The van der Waals surface area contributed by atoms with Crippen LogP contribution in [0.25, 0.3) is 0 Å². The van der Waals surface area contributed by atoms with E-state index in [0.29, 0.717) is 5.46 Å². The van der Waals surface area contributed by atoms with E-state index in [1.54, 1.807) is 12.1 Å². The standard InChI is InChI=1S/C15H25BN2O3/c1-15(2,13-3-5-14(6-4-13)16(20)21)18-9-7-17(8-10-18)11-12-19/h3-6,19-21H,7-12H2,1-2H3.